The van der Waals surface area contributed by atoms with E-state index in [0.717, 1.165) is 25.7 Å². The zero-order valence-electron chi connectivity index (χ0n) is 20.2. The van der Waals surface area contributed by atoms with Gasteiger partial charge in [-0.05, 0) is 42.5 Å². The van der Waals surface area contributed by atoms with Crippen LogP contribution >= 0.6 is 0 Å². The number of benzene rings is 2. The van der Waals surface area contributed by atoms with Gasteiger partial charge < -0.3 is 14.4 Å². The van der Waals surface area contributed by atoms with E-state index in [4.69, 9.17) is 9.47 Å². The molecule has 5 rings (SSSR count). The van der Waals surface area contributed by atoms with Crippen LogP contribution in [0.15, 0.2) is 47.4 Å². The summed E-state index contributed by atoms with van der Waals surface area (Å²) in [6, 6.07) is 13.3. The lowest BCUT2D eigenvalue weighted by atomic mass is 9.87. The molecular formula is C26H33N3O5S. The first-order chi connectivity index (χ1) is 16.9. The molecule has 1 atom stereocenters. The van der Waals surface area contributed by atoms with E-state index < -0.39 is 10.0 Å². The maximum atomic E-state index is 13.3. The Hall–Kier alpha value is -2.62. The van der Waals surface area contributed by atoms with E-state index in [0.29, 0.717) is 57.4 Å². The van der Waals surface area contributed by atoms with Crippen LogP contribution in [0.1, 0.15) is 36.4 Å². The summed E-state index contributed by atoms with van der Waals surface area (Å²) in [5.41, 5.74) is 2.58. The van der Waals surface area contributed by atoms with Gasteiger partial charge in [0.2, 0.25) is 15.9 Å². The second-order valence-corrected chi connectivity index (χ2v) is 11.4. The number of nitrogens with zero attached hydrogens (tertiary/aromatic N) is 3. The molecule has 0 spiro atoms. The minimum atomic E-state index is -3.65. The molecular weight excluding hydrogens is 466 g/mol. The van der Waals surface area contributed by atoms with Crippen molar-refractivity contribution in [3.05, 3.63) is 53.6 Å². The molecule has 1 aliphatic carbocycles. The molecule has 1 fully saturated rings. The number of ether oxygens (including phenoxy) is 2. The zero-order chi connectivity index (χ0) is 24.4. The fraction of sp³-hybridized carbons (Fsp3) is 0.500. The van der Waals surface area contributed by atoms with Crippen molar-refractivity contribution in [3.8, 4) is 11.5 Å². The predicted octanol–water partition coefficient (Wildman–Crippen LogP) is 2.69. The lowest BCUT2D eigenvalue weighted by Gasteiger charge is -2.37. The Bertz CT molecular complexity index is 1180. The van der Waals surface area contributed by atoms with E-state index >= 15 is 0 Å². The summed E-state index contributed by atoms with van der Waals surface area (Å²) in [6.07, 6.45) is 3.88. The highest BCUT2D eigenvalue weighted by atomic mass is 32.2. The highest BCUT2D eigenvalue weighted by Crippen LogP contribution is 2.34. The maximum absolute atomic E-state index is 13.3. The lowest BCUT2D eigenvalue weighted by molar-refractivity contribution is -0.133. The number of carbonyl (C=O) groups is 1. The highest BCUT2D eigenvalue weighted by Gasteiger charge is 2.32. The van der Waals surface area contributed by atoms with Crippen LogP contribution in [-0.2, 0) is 21.2 Å². The van der Waals surface area contributed by atoms with Gasteiger partial charge in [0.05, 0.1) is 30.7 Å². The van der Waals surface area contributed by atoms with Crippen LogP contribution in [0, 0.1) is 0 Å². The predicted molar refractivity (Wildman–Crippen MR) is 132 cm³/mol. The number of aryl methyl sites for hydroxylation is 1. The second kappa shape index (κ2) is 10.2. The Morgan fingerprint density at radius 3 is 2.54 bits per heavy atom. The molecule has 0 aromatic heterocycles. The first-order valence-electron chi connectivity index (χ1n) is 12.4. The van der Waals surface area contributed by atoms with Crippen LogP contribution in [0.2, 0.25) is 0 Å². The van der Waals surface area contributed by atoms with Gasteiger partial charge in [-0.1, -0.05) is 24.3 Å². The molecule has 1 saturated heterocycles. The minimum Gasteiger partial charge on any atom is -0.490 e. The lowest BCUT2D eigenvalue weighted by Crippen LogP contribution is -2.51. The van der Waals surface area contributed by atoms with Crippen molar-refractivity contribution in [2.24, 2.45) is 0 Å². The molecule has 2 aromatic rings. The van der Waals surface area contributed by atoms with Gasteiger partial charge in [-0.25, -0.2) is 8.42 Å². The molecule has 1 amide bonds. The summed E-state index contributed by atoms with van der Waals surface area (Å²) in [4.78, 5) is 17.2. The van der Waals surface area contributed by atoms with Crippen molar-refractivity contribution in [3.63, 3.8) is 0 Å². The molecule has 35 heavy (non-hydrogen) atoms. The Kier molecular flexibility index (Phi) is 7.00. The first-order valence-corrected chi connectivity index (χ1v) is 13.8. The molecule has 2 aromatic carbocycles. The number of amides is 1. The minimum absolute atomic E-state index is 0.0749. The normalized spacial score (nSPS) is 21.1. The number of sulfonamides is 1. The topological polar surface area (TPSA) is 79.4 Å². The summed E-state index contributed by atoms with van der Waals surface area (Å²) < 4.78 is 39.3. The Labute approximate surface area is 207 Å². The number of hydrogen-bond acceptors (Lipinski definition) is 6. The quantitative estimate of drug-likeness (QED) is 0.630. The Morgan fingerprint density at radius 1 is 1.00 bits per heavy atom. The van der Waals surface area contributed by atoms with Crippen molar-refractivity contribution in [2.75, 3.05) is 53.0 Å². The number of fused-ring (bicyclic) bond motifs is 2. The van der Waals surface area contributed by atoms with Crippen LogP contribution in [-0.4, -0.2) is 81.4 Å². The molecule has 0 N–H and O–H groups in total. The summed E-state index contributed by atoms with van der Waals surface area (Å²) >= 11 is 0. The molecule has 2 heterocycles. The van der Waals surface area contributed by atoms with E-state index in [1.807, 2.05) is 22.9 Å². The third-order valence-electron chi connectivity index (χ3n) is 7.25. The summed E-state index contributed by atoms with van der Waals surface area (Å²) in [6.45, 7) is 3.09. The fourth-order valence-corrected chi connectivity index (χ4v) is 6.63. The van der Waals surface area contributed by atoms with Crippen LogP contribution in [0.3, 0.4) is 0 Å². The average Bonchev–Trinajstić information content (AvgIpc) is 3.13. The zero-order valence-corrected chi connectivity index (χ0v) is 21.0. The molecule has 0 radical (unpaired) electrons. The van der Waals surface area contributed by atoms with Gasteiger partial charge in [-0.15, -0.1) is 0 Å². The number of likely N-dealkylation sites (N-methyl/N-ethyl adjacent to an activating group) is 1. The third-order valence-corrected chi connectivity index (χ3v) is 9.14. The number of rotatable bonds is 5. The Morgan fingerprint density at radius 2 is 1.74 bits per heavy atom. The SMILES string of the molecule is CN(C(=O)CN1CCN(S(=O)(=O)c2ccc3c(c2)OCCCO3)CC1)C1CCCc2ccccc21. The van der Waals surface area contributed by atoms with Crippen LogP contribution < -0.4 is 9.47 Å². The molecule has 8 nitrogen and oxygen atoms in total. The van der Waals surface area contributed by atoms with Gasteiger partial charge in [0.15, 0.2) is 11.5 Å². The van der Waals surface area contributed by atoms with E-state index in [-0.39, 0.29) is 16.8 Å². The number of piperazine rings is 1. The second-order valence-electron chi connectivity index (χ2n) is 9.45. The van der Waals surface area contributed by atoms with Gasteiger partial charge in [0, 0.05) is 45.7 Å². The van der Waals surface area contributed by atoms with Crippen molar-refractivity contribution in [1.29, 1.82) is 0 Å². The third kappa shape index (κ3) is 5.03. The molecule has 0 bridgehead atoms. The van der Waals surface area contributed by atoms with Gasteiger partial charge in [0.1, 0.15) is 0 Å². The van der Waals surface area contributed by atoms with Crippen molar-refractivity contribution in [2.45, 2.75) is 36.6 Å². The molecule has 1 unspecified atom stereocenters. The van der Waals surface area contributed by atoms with E-state index in [1.165, 1.54) is 15.4 Å². The van der Waals surface area contributed by atoms with Gasteiger partial charge >= 0.3 is 0 Å². The molecule has 2 aliphatic heterocycles. The molecule has 3 aliphatic rings. The fourth-order valence-electron chi connectivity index (χ4n) is 5.19. The maximum Gasteiger partial charge on any atom is 0.243 e. The summed E-state index contributed by atoms with van der Waals surface area (Å²) in [5, 5.41) is 0. The highest BCUT2D eigenvalue weighted by molar-refractivity contribution is 7.89. The summed E-state index contributed by atoms with van der Waals surface area (Å²) in [7, 11) is -1.76. The smallest absolute Gasteiger partial charge is 0.243 e. The monoisotopic (exact) mass is 499 g/mol. The van der Waals surface area contributed by atoms with Crippen molar-refractivity contribution < 1.29 is 22.7 Å². The first kappa shape index (κ1) is 24.1. The Balaban J connectivity index is 1.19. The number of hydrogen-bond donors (Lipinski definition) is 0. The van der Waals surface area contributed by atoms with Gasteiger partial charge in [0.25, 0.3) is 0 Å². The van der Waals surface area contributed by atoms with E-state index in [9.17, 15) is 13.2 Å². The van der Waals surface area contributed by atoms with E-state index in [1.54, 1.807) is 18.2 Å². The molecule has 9 heteroatoms. The molecule has 0 saturated carbocycles. The van der Waals surface area contributed by atoms with Crippen LogP contribution in [0.25, 0.3) is 0 Å². The standard InChI is InChI=1S/C26H33N3O5S/c1-27(23-9-4-7-20-6-2-3-8-22(20)23)26(30)19-28-12-14-29(15-13-28)35(31,32)21-10-11-24-25(18-21)34-17-5-16-33-24/h2-3,6,8,10-11,18,23H,4-5,7,9,12-17,19H2,1H3. The van der Waals surface area contributed by atoms with Gasteiger partial charge in [-0.3, -0.25) is 9.69 Å². The molecule has 188 valence electrons. The van der Waals surface area contributed by atoms with E-state index in [2.05, 4.69) is 18.2 Å². The van der Waals surface area contributed by atoms with Crippen molar-refractivity contribution >= 4 is 15.9 Å². The van der Waals surface area contributed by atoms with Crippen LogP contribution in [0.4, 0.5) is 0 Å². The number of carbonyl (C=O) groups excluding carboxylic acids is 1. The van der Waals surface area contributed by atoms with Crippen LogP contribution in [0.5, 0.6) is 11.5 Å². The summed E-state index contributed by atoms with van der Waals surface area (Å²) in [5.74, 6) is 1.13. The van der Waals surface area contributed by atoms with Crippen molar-refractivity contribution in [1.82, 2.24) is 14.1 Å². The largest absolute Gasteiger partial charge is 0.490 e. The van der Waals surface area contributed by atoms with Gasteiger partial charge in [-0.2, -0.15) is 4.31 Å². The average molecular weight is 500 g/mol.